The molecule has 0 saturated carbocycles. The van der Waals surface area contributed by atoms with Crippen LogP contribution in [0.15, 0.2) is 36.4 Å². The molecule has 0 aliphatic carbocycles. The summed E-state index contributed by atoms with van der Waals surface area (Å²) in [6.07, 6.45) is 0.597. The largest absolute Gasteiger partial charge is 0.466 e. The summed E-state index contributed by atoms with van der Waals surface area (Å²) in [5, 5.41) is 15.4. The number of esters is 1. The second-order valence-electron chi connectivity index (χ2n) is 6.92. The Morgan fingerprint density at radius 3 is 2.36 bits per heavy atom. The van der Waals surface area contributed by atoms with Gasteiger partial charge in [0.2, 0.25) is 0 Å². The molecule has 0 radical (unpaired) electrons. The number of nitrogens with zero attached hydrogens (tertiary/aromatic N) is 1. The summed E-state index contributed by atoms with van der Waals surface area (Å²) < 4.78 is 19.5. The standard InChI is InChI=1S/C20H22Cl2N2O5.H3O3P/c1-4-20(3,12-19(25)28-5-2)23-16-11-14(7-8-17(16)24(26)27)29-18-9-6-13(21)10-15(18)22;1-4(2)3/h6-11,23H,4-5,12H2,1-3H3;4H,(H2,1,2,3). The summed E-state index contributed by atoms with van der Waals surface area (Å²) in [5.41, 5.74) is -0.651. The van der Waals surface area contributed by atoms with E-state index in [-0.39, 0.29) is 30.4 Å². The molecular weight excluding hydrogens is 498 g/mol. The van der Waals surface area contributed by atoms with Gasteiger partial charge < -0.3 is 24.6 Å². The van der Waals surface area contributed by atoms with Gasteiger partial charge in [-0.15, -0.1) is 0 Å². The Bertz CT molecular complexity index is 1000. The van der Waals surface area contributed by atoms with E-state index < -0.39 is 18.7 Å². The molecule has 2 rings (SSSR count). The van der Waals surface area contributed by atoms with Crippen molar-refractivity contribution < 1.29 is 33.5 Å². The van der Waals surface area contributed by atoms with Crippen molar-refractivity contribution in [3.05, 3.63) is 56.6 Å². The topological polar surface area (TPSA) is 148 Å². The Labute approximate surface area is 201 Å². The van der Waals surface area contributed by atoms with Crippen molar-refractivity contribution in [3.63, 3.8) is 0 Å². The van der Waals surface area contributed by atoms with Crippen LogP contribution in [-0.4, -0.2) is 32.8 Å². The molecule has 182 valence electrons. The third kappa shape index (κ3) is 9.98. The smallest absolute Gasteiger partial charge is 0.314 e. The fourth-order valence-electron chi connectivity index (χ4n) is 2.64. The molecule has 1 unspecified atom stereocenters. The van der Waals surface area contributed by atoms with E-state index in [0.717, 1.165) is 0 Å². The minimum absolute atomic E-state index is 0.0581. The Morgan fingerprint density at radius 2 is 1.85 bits per heavy atom. The van der Waals surface area contributed by atoms with E-state index in [0.29, 0.717) is 28.0 Å². The SMILES string of the molecule is CCOC(=O)CC(C)(CC)Nc1cc(Oc2ccc(Cl)cc2Cl)ccc1[N+](=O)[O-].O=[PH](O)O. The van der Waals surface area contributed by atoms with Crippen LogP contribution in [-0.2, 0) is 14.1 Å². The molecule has 2 aromatic carbocycles. The van der Waals surface area contributed by atoms with Crippen LogP contribution in [0.2, 0.25) is 10.0 Å². The molecule has 0 aromatic heterocycles. The maximum Gasteiger partial charge on any atom is 0.314 e. The maximum atomic E-state index is 12.0. The number of benzene rings is 2. The minimum atomic E-state index is -3.13. The first kappa shape index (κ1) is 28.7. The lowest BCUT2D eigenvalue weighted by molar-refractivity contribution is -0.384. The molecule has 10 nitrogen and oxygen atoms in total. The van der Waals surface area contributed by atoms with Crippen molar-refractivity contribution in [2.75, 3.05) is 11.9 Å². The third-order valence-corrected chi connectivity index (χ3v) is 4.87. The maximum absolute atomic E-state index is 12.0. The highest BCUT2D eigenvalue weighted by atomic mass is 35.5. The Hall–Kier alpha value is -2.36. The van der Waals surface area contributed by atoms with Crippen molar-refractivity contribution in [1.82, 2.24) is 0 Å². The zero-order chi connectivity index (χ0) is 25.2. The highest BCUT2D eigenvalue weighted by molar-refractivity contribution is 7.30. The first-order valence-corrected chi connectivity index (χ1v) is 11.7. The van der Waals surface area contributed by atoms with Gasteiger partial charge in [0, 0.05) is 22.7 Å². The van der Waals surface area contributed by atoms with Gasteiger partial charge in [0.15, 0.2) is 0 Å². The summed E-state index contributed by atoms with van der Waals surface area (Å²) in [6, 6.07) is 9.08. The monoisotopic (exact) mass is 522 g/mol. The van der Waals surface area contributed by atoms with E-state index in [4.69, 9.17) is 47.0 Å². The van der Waals surface area contributed by atoms with Crippen molar-refractivity contribution in [2.24, 2.45) is 0 Å². The first-order valence-electron chi connectivity index (χ1n) is 9.67. The number of nitrogens with one attached hydrogen (secondary N) is 1. The van der Waals surface area contributed by atoms with Gasteiger partial charge in [0.05, 0.1) is 23.0 Å². The highest BCUT2D eigenvalue weighted by Gasteiger charge is 2.29. The molecule has 0 saturated heterocycles. The van der Waals surface area contributed by atoms with Crippen LogP contribution >= 0.6 is 31.5 Å². The lowest BCUT2D eigenvalue weighted by atomic mass is 9.94. The second kappa shape index (κ2) is 13.4. The number of nitro groups is 1. The van der Waals surface area contributed by atoms with Gasteiger partial charge in [-0.05, 0) is 44.5 Å². The summed E-state index contributed by atoms with van der Waals surface area (Å²) in [5.74, 6) is 0.324. The quantitative estimate of drug-likeness (QED) is 0.166. The number of ether oxygens (including phenoxy) is 2. The van der Waals surface area contributed by atoms with E-state index in [2.05, 4.69) is 5.32 Å². The van der Waals surface area contributed by atoms with Gasteiger partial charge >= 0.3 is 14.2 Å². The van der Waals surface area contributed by atoms with Crippen molar-refractivity contribution in [3.8, 4) is 11.5 Å². The number of carbonyl (C=O) groups excluding carboxylic acids is 1. The van der Waals surface area contributed by atoms with Gasteiger partial charge in [0.25, 0.3) is 5.69 Å². The van der Waals surface area contributed by atoms with E-state index in [1.165, 1.54) is 24.3 Å². The fourth-order valence-corrected chi connectivity index (χ4v) is 3.08. The first-order chi connectivity index (χ1) is 15.4. The minimum Gasteiger partial charge on any atom is -0.466 e. The lowest BCUT2D eigenvalue weighted by Crippen LogP contribution is -2.37. The molecule has 0 aliphatic heterocycles. The molecule has 1 atom stereocenters. The zero-order valence-electron chi connectivity index (χ0n) is 18.1. The number of rotatable bonds is 9. The van der Waals surface area contributed by atoms with Crippen LogP contribution in [0.1, 0.15) is 33.6 Å². The van der Waals surface area contributed by atoms with E-state index >= 15 is 0 Å². The summed E-state index contributed by atoms with van der Waals surface area (Å²) in [6.45, 7) is 5.68. The summed E-state index contributed by atoms with van der Waals surface area (Å²) >= 11 is 12.0. The van der Waals surface area contributed by atoms with Gasteiger partial charge in [-0.2, -0.15) is 0 Å². The molecule has 13 heteroatoms. The predicted octanol–water partition coefficient (Wildman–Crippen LogP) is 5.59. The second-order valence-corrected chi connectivity index (χ2v) is 8.33. The predicted molar refractivity (Wildman–Crippen MR) is 127 cm³/mol. The fraction of sp³-hybridized carbons (Fsp3) is 0.350. The third-order valence-electron chi connectivity index (χ3n) is 4.34. The molecule has 0 amide bonds. The number of halogens is 2. The Kier molecular flexibility index (Phi) is 11.6. The molecular formula is C20H25Cl2N2O8P. The zero-order valence-corrected chi connectivity index (χ0v) is 20.6. The number of carbonyl (C=O) groups is 1. The molecule has 0 bridgehead atoms. The molecule has 0 spiro atoms. The van der Waals surface area contributed by atoms with Gasteiger partial charge in [0.1, 0.15) is 17.2 Å². The van der Waals surface area contributed by atoms with Crippen LogP contribution in [0.4, 0.5) is 11.4 Å². The van der Waals surface area contributed by atoms with Crippen molar-refractivity contribution in [1.29, 1.82) is 0 Å². The number of hydrogen-bond donors (Lipinski definition) is 3. The van der Waals surface area contributed by atoms with Crippen LogP contribution in [0.5, 0.6) is 11.5 Å². The Balaban J connectivity index is 0.00000125. The van der Waals surface area contributed by atoms with Gasteiger partial charge in [-0.3, -0.25) is 19.5 Å². The average Bonchev–Trinajstić information content (AvgIpc) is 2.69. The van der Waals surface area contributed by atoms with Crippen LogP contribution in [0.25, 0.3) is 0 Å². The normalized spacial score (nSPS) is 12.2. The van der Waals surface area contributed by atoms with Crippen molar-refractivity contribution >= 4 is 48.8 Å². The van der Waals surface area contributed by atoms with Crippen molar-refractivity contribution in [2.45, 2.75) is 39.2 Å². The number of nitro benzene ring substituents is 1. The molecule has 2 aromatic rings. The molecule has 0 aliphatic rings. The van der Waals surface area contributed by atoms with Gasteiger partial charge in [-0.1, -0.05) is 30.1 Å². The van der Waals surface area contributed by atoms with Crippen LogP contribution in [0, 0.1) is 10.1 Å². The van der Waals surface area contributed by atoms with E-state index in [9.17, 15) is 14.9 Å². The molecule has 33 heavy (non-hydrogen) atoms. The summed E-state index contributed by atoms with van der Waals surface area (Å²) in [4.78, 5) is 37.2. The van der Waals surface area contributed by atoms with Crippen LogP contribution < -0.4 is 10.1 Å². The van der Waals surface area contributed by atoms with Crippen LogP contribution in [0.3, 0.4) is 0 Å². The summed E-state index contributed by atoms with van der Waals surface area (Å²) in [7, 11) is -3.13. The van der Waals surface area contributed by atoms with Gasteiger partial charge in [-0.25, -0.2) is 0 Å². The Morgan fingerprint density at radius 1 is 1.21 bits per heavy atom. The highest BCUT2D eigenvalue weighted by Crippen LogP contribution is 2.37. The van der Waals surface area contributed by atoms with E-state index in [1.54, 1.807) is 26.0 Å². The molecule has 3 N–H and O–H groups in total. The average molecular weight is 523 g/mol. The number of hydrogen-bond acceptors (Lipinski definition) is 7. The molecule has 0 fully saturated rings. The van der Waals surface area contributed by atoms with E-state index in [1.807, 2.05) is 6.92 Å². The lowest BCUT2D eigenvalue weighted by Gasteiger charge is -2.29. The number of anilines is 1. The molecule has 0 heterocycles.